The summed E-state index contributed by atoms with van der Waals surface area (Å²) in [6, 6.07) is 17.7. The molecule has 0 atom stereocenters. The molecular weight excluding hydrogens is 306 g/mol. The maximum atomic E-state index is 12.1. The molecule has 2 aromatic carbocycles. The SMILES string of the molecule is Cc1ccccc1SCC(=O)Nc1cccc(-c2ccn[nH]2)c1. The molecule has 2 N–H and O–H groups in total. The largest absolute Gasteiger partial charge is 0.325 e. The summed E-state index contributed by atoms with van der Waals surface area (Å²) in [5.41, 5.74) is 3.89. The predicted molar refractivity (Wildman–Crippen MR) is 94.6 cm³/mol. The number of rotatable bonds is 5. The van der Waals surface area contributed by atoms with E-state index in [0.29, 0.717) is 5.75 Å². The monoisotopic (exact) mass is 323 g/mol. The average molecular weight is 323 g/mol. The van der Waals surface area contributed by atoms with Gasteiger partial charge in [0.05, 0.1) is 11.4 Å². The molecule has 0 radical (unpaired) electrons. The van der Waals surface area contributed by atoms with Crippen molar-refractivity contribution in [1.29, 1.82) is 0 Å². The number of nitrogens with one attached hydrogen (secondary N) is 2. The van der Waals surface area contributed by atoms with E-state index < -0.39 is 0 Å². The molecule has 23 heavy (non-hydrogen) atoms. The second-order valence-electron chi connectivity index (χ2n) is 5.15. The molecule has 5 heteroatoms. The minimum absolute atomic E-state index is 0.0139. The van der Waals surface area contributed by atoms with E-state index in [-0.39, 0.29) is 5.91 Å². The van der Waals surface area contributed by atoms with Crippen LogP contribution in [0.2, 0.25) is 0 Å². The standard InChI is InChI=1S/C18H17N3OS/c1-13-5-2-3-8-17(13)23-12-18(22)20-15-7-4-6-14(11-15)16-9-10-19-21-16/h2-11H,12H2,1H3,(H,19,21)(H,20,22). The third-order valence-electron chi connectivity index (χ3n) is 3.41. The molecule has 0 fully saturated rings. The zero-order valence-corrected chi connectivity index (χ0v) is 13.6. The maximum absolute atomic E-state index is 12.1. The van der Waals surface area contributed by atoms with Gasteiger partial charge in [-0.1, -0.05) is 30.3 Å². The molecular formula is C18H17N3OS. The van der Waals surface area contributed by atoms with Crippen molar-refractivity contribution in [2.24, 2.45) is 0 Å². The molecule has 0 aliphatic heterocycles. The molecule has 1 aromatic heterocycles. The minimum Gasteiger partial charge on any atom is -0.325 e. The Morgan fingerprint density at radius 2 is 2.04 bits per heavy atom. The first-order valence-electron chi connectivity index (χ1n) is 7.30. The second kappa shape index (κ2) is 7.15. The van der Waals surface area contributed by atoms with Crippen LogP contribution in [0.1, 0.15) is 5.56 Å². The second-order valence-corrected chi connectivity index (χ2v) is 6.17. The van der Waals surface area contributed by atoms with Gasteiger partial charge in [-0.3, -0.25) is 9.89 Å². The fraction of sp³-hybridized carbons (Fsp3) is 0.111. The summed E-state index contributed by atoms with van der Waals surface area (Å²) in [4.78, 5) is 13.3. The molecule has 0 aliphatic rings. The first kappa shape index (κ1) is 15.4. The van der Waals surface area contributed by atoms with E-state index in [4.69, 9.17) is 0 Å². The number of H-pyrrole nitrogens is 1. The van der Waals surface area contributed by atoms with Crippen LogP contribution in [0.3, 0.4) is 0 Å². The lowest BCUT2D eigenvalue weighted by Gasteiger charge is -2.08. The van der Waals surface area contributed by atoms with Crippen molar-refractivity contribution in [3.63, 3.8) is 0 Å². The van der Waals surface area contributed by atoms with Crippen LogP contribution < -0.4 is 5.32 Å². The quantitative estimate of drug-likeness (QED) is 0.695. The lowest BCUT2D eigenvalue weighted by atomic mass is 10.1. The lowest BCUT2D eigenvalue weighted by Crippen LogP contribution is -2.14. The Hall–Kier alpha value is -2.53. The number of anilines is 1. The number of thioether (sulfide) groups is 1. The van der Waals surface area contributed by atoms with Gasteiger partial charge in [0.2, 0.25) is 5.91 Å². The van der Waals surface area contributed by atoms with E-state index in [1.54, 1.807) is 18.0 Å². The van der Waals surface area contributed by atoms with Gasteiger partial charge in [-0.15, -0.1) is 11.8 Å². The molecule has 1 heterocycles. The van der Waals surface area contributed by atoms with E-state index in [2.05, 4.69) is 15.5 Å². The van der Waals surface area contributed by atoms with Crippen LogP contribution in [-0.2, 0) is 4.79 Å². The number of hydrogen-bond donors (Lipinski definition) is 2. The first-order valence-corrected chi connectivity index (χ1v) is 8.29. The predicted octanol–water partition coefficient (Wildman–Crippen LogP) is 4.12. The number of aromatic amines is 1. The highest BCUT2D eigenvalue weighted by molar-refractivity contribution is 8.00. The topological polar surface area (TPSA) is 57.8 Å². The number of benzene rings is 2. The fourth-order valence-electron chi connectivity index (χ4n) is 2.24. The van der Waals surface area contributed by atoms with Gasteiger partial charge in [-0.05, 0) is 36.8 Å². The molecule has 3 aromatic rings. The Morgan fingerprint density at radius 1 is 1.17 bits per heavy atom. The number of nitrogens with zero attached hydrogens (tertiary/aromatic N) is 1. The summed E-state index contributed by atoms with van der Waals surface area (Å²) >= 11 is 1.55. The Labute approximate surface area is 139 Å². The summed E-state index contributed by atoms with van der Waals surface area (Å²) < 4.78 is 0. The van der Waals surface area contributed by atoms with E-state index in [1.807, 2.05) is 61.5 Å². The molecule has 0 spiro atoms. The molecule has 0 saturated carbocycles. The zero-order valence-electron chi connectivity index (χ0n) is 12.7. The van der Waals surface area contributed by atoms with Crippen molar-refractivity contribution in [3.05, 3.63) is 66.4 Å². The van der Waals surface area contributed by atoms with Crippen LogP contribution in [0.25, 0.3) is 11.3 Å². The molecule has 1 amide bonds. The Balaban J connectivity index is 1.62. The molecule has 0 unspecified atom stereocenters. The van der Waals surface area contributed by atoms with E-state index >= 15 is 0 Å². The molecule has 4 nitrogen and oxygen atoms in total. The van der Waals surface area contributed by atoms with Crippen LogP contribution in [0, 0.1) is 6.92 Å². The van der Waals surface area contributed by atoms with Crippen molar-refractivity contribution in [2.45, 2.75) is 11.8 Å². The number of carbonyl (C=O) groups is 1. The minimum atomic E-state index is -0.0139. The summed E-state index contributed by atoms with van der Waals surface area (Å²) in [6.45, 7) is 2.05. The van der Waals surface area contributed by atoms with Crippen LogP contribution in [0.5, 0.6) is 0 Å². The first-order chi connectivity index (χ1) is 11.2. The van der Waals surface area contributed by atoms with Gasteiger partial charge in [0, 0.05) is 22.3 Å². The van der Waals surface area contributed by atoms with E-state index in [0.717, 1.165) is 21.8 Å². The molecule has 0 aliphatic carbocycles. The molecule has 116 valence electrons. The maximum Gasteiger partial charge on any atom is 0.234 e. The van der Waals surface area contributed by atoms with Gasteiger partial charge in [0.1, 0.15) is 0 Å². The van der Waals surface area contributed by atoms with E-state index in [9.17, 15) is 4.79 Å². The van der Waals surface area contributed by atoms with Gasteiger partial charge in [-0.25, -0.2) is 0 Å². The van der Waals surface area contributed by atoms with Gasteiger partial charge in [0.25, 0.3) is 0 Å². The lowest BCUT2D eigenvalue weighted by molar-refractivity contribution is -0.113. The number of aryl methyl sites for hydroxylation is 1. The Kier molecular flexibility index (Phi) is 4.78. The summed E-state index contributed by atoms with van der Waals surface area (Å²) in [7, 11) is 0. The molecule has 3 rings (SSSR count). The Morgan fingerprint density at radius 3 is 2.83 bits per heavy atom. The number of aromatic nitrogens is 2. The summed E-state index contributed by atoms with van der Waals surface area (Å²) in [5, 5.41) is 9.80. The van der Waals surface area contributed by atoms with E-state index in [1.165, 1.54) is 5.56 Å². The third kappa shape index (κ3) is 4.02. The summed E-state index contributed by atoms with van der Waals surface area (Å²) in [5.74, 6) is 0.374. The molecule has 0 saturated heterocycles. The smallest absolute Gasteiger partial charge is 0.234 e. The summed E-state index contributed by atoms with van der Waals surface area (Å²) in [6.07, 6.45) is 1.71. The normalized spacial score (nSPS) is 10.5. The molecule has 0 bridgehead atoms. The zero-order chi connectivity index (χ0) is 16.1. The van der Waals surface area contributed by atoms with Crippen molar-refractivity contribution >= 4 is 23.4 Å². The highest BCUT2D eigenvalue weighted by Gasteiger charge is 2.06. The number of amides is 1. The highest BCUT2D eigenvalue weighted by atomic mass is 32.2. The van der Waals surface area contributed by atoms with Crippen molar-refractivity contribution in [2.75, 3.05) is 11.1 Å². The van der Waals surface area contributed by atoms with Gasteiger partial charge >= 0.3 is 0 Å². The van der Waals surface area contributed by atoms with Gasteiger partial charge in [-0.2, -0.15) is 5.10 Å². The van der Waals surface area contributed by atoms with Crippen molar-refractivity contribution in [1.82, 2.24) is 10.2 Å². The van der Waals surface area contributed by atoms with Crippen LogP contribution in [-0.4, -0.2) is 21.9 Å². The Bertz CT molecular complexity index is 800. The van der Waals surface area contributed by atoms with Gasteiger partial charge < -0.3 is 5.32 Å². The van der Waals surface area contributed by atoms with Gasteiger partial charge in [0.15, 0.2) is 0 Å². The highest BCUT2D eigenvalue weighted by Crippen LogP contribution is 2.23. The third-order valence-corrected chi connectivity index (χ3v) is 4.59. The number of carbonyl (C=O) groups excluding carboxylic acids is 1. The van der Waals surface area contributed by atoms with Crippen LogP contribution in [0.4, 0.5) is 5.69 Å². The van der Waals surface area contributed by atoms with Crippen molar-refractivity contribution < 1.29 is 4.79 Å². The fourth-order valence-corrected chi connectivity index (χ4v) is 3.07. The van der Waals surface area contributed by atoms with Crippen LogP contribution >= 0.6 is 11.8 Å². The number of hydrogen-bond acceptors (Lipinski definition) is 3. The van der Waals surface area contributed by atoms with Crippen LogP contribution in [0.15, 0.2) is 65.7 Å². The van der Waals surface area contributed by atoms with Crippen molar-refractivity contribution in [3.8, 4) is 11.3 Å². The average Bonchev–Trinajstić information content (AvgIpc) is 3.09.